The summed E-state index contributed by atoms with van der Waals surface area (Å²) < 4.78 is 100. The highest BCUT2D eigenvalue weighted by molar-refractivity contribution is 7.90. The van der Waals surface area contributed by atoms with E-state index in [0.29, 0.717) is 191 Å². The second-order valence-electron chi connectivity index (χ2n) is 24.1. The highest BCUT2D eigenvalue weighted by Gasteiger charge is 2.40. The largest absolute Gasteiger partial charge is 0.456 e. The lowest BCUT2D eigenvalue weighted by molar-refractivity contribution is -0.197. The molecular formula is C67H97N3O20S. The fourth-order valence-electron chi connectivity index (χ4n) is 10.9. The molecule has 3 amide bonds. The Hall–Kier alpha value is -5.32. The molecule has 23 nitrogen and oxygen atoms in total. The molecule has 2 unspecified atom stereocenters. The lowest BCUT2D eigenvalue weighted by atomic mass is 9.77. The Morgan fingerprint density at radius 3 is 1.57 bits per heavy atom. The number of imide groups is 1. The first kappa shape index (κ1) is 73.1. The minimum absolute atomic E-state index is 0.00206. The molecule has 3 aromatic rings. The normalized spacial score (nSPS) is 17.0. The minimum atomic E-state index is -3.77. The van der Waals surface area contributed by atoms with Crippen LogP contribution in [0.1, 0.15) is 118 Å². The van der Waals surface area contributed by atoms with E-state index in [1.165, 1.54) is 17.2 Å². The number of rotatable bonds is 46. The highest BCUT2D eigenvalue weighted by atomic mass is 32.2. The molecule has 24 heteroatoms. The molecular weight excluding hydrogens is 1200 g/mol. The van der Waals surface area contributed by atoms with Crippen molar-refractivity contribution in [2.24, 2.45) is 10.9 Å². The molecule has 0 radical (unpaired) electrons. The van der Waals surface area contributed by atoms with Crippen LogP contribution in [-0.2, 0) is 103 Å². The number of carbonyl (C=O) groups excluding carboxylic acids is 4. The molecule has 3 aliphatic heterocycles. The molecule has 0 bridgehead atoms. The second kappa shape index (κ2) is 36.9. The molecule has 1 saturated heterocycles. The van der Waals surface area contributed by atoms with Gasteiger partial charge in [-0.3, -0.25) is 19.4 Å². The first-order valence-corrected chi connectivity index (χ1v) is 33.9. The van der Waals surface area contributed by atoms with Crippen LogP contribution < -0.4 is 15.3 Å². The van der Waals surface area contributed by atoms with Gasteiger partial charge in [-0.25, -0.2) is 13.2 Å². The average Bonchev–Trinajstić information content (AvgIpc) is 1.73. The number of sulfone groups is 1. The van der Waals surface area contributed by atoms with Crippen LogP contribution in [0.5, 0.6) is 11.5 Å². The van der Waals surface area contributed by atoms with Crippen molar-refractivity contribution in [3.63, 3.8) is 0 Å². The molecule has 506 valence electrons. The quantitative estimate of drug-likeness (QED) is 0.0383. The summed E-state index contributed by atoms with van der Waals surface area (Å²) in [5.74, 6) is -0.604. The third kappa shape index (κ3) is 21.6. The van der Waals surface area contributed by atoms with Crippen molar-refractivity contribution in [1.29, 1.82) is 0 Å². The monoisotopic (exact) mass is 1300 g/mol. The zero-order valence-corrected chi connectivity index (χ0v) is 55.6. The van der Waals surface area contributed by atoms with Gasteiger partial charge in [0.15, 0.2) is 9.84 Å². The average molecular weight is 1300 g/mol. The van der Waals surface area contributed by atoms with E-state index in [1.807, 2.05) is 6.07 Å². The number of hydrogen-bond donors (Lipinski definition) is 0. The number of ether oxygens (including phenoxy) is 13. The fourth-order valence-corrected chi connectivity index (χ4v) is 11.6. The number of fused-ring (bicyclic) bond motifs is 4. The molecule has 0 saturated carbocycles. The zero-order valence-electron chi connectivity index (χ0n) is 54.7. The van der Waals surface area contributed by atoms with Crippen molar-refractivity contribution in [1.82, 2.24) is 9.96 Å². The summed E-state index contributed by atoms with van der Waals surface area (Å²) in [6, 6.07) is 13.0. The van der Waals surface area contributed by atoms with Crippen LogP contribution in [0.3, 0.4) is 0 Å². The van der Waals surface area contributed by atoms with E-state index in [9.17, 15) is 22.8 Å². The van der Waals surface area contributed by atoms with Crippen molar-refractivity contribution in [2.75, 3.05) is 178 Å². The van der Waals surface area contributed by atoms with Crippen molar-refractivity contribution in [3.8, 4) is 11.5 Å². The predicted octanol–water partition coefficient (Wildman–Crippen LogP) is 5.65. The van der Waals surface area contributed by atoms with Gasteiger partial charge in [0, 0.05) is 79.1 Å². The van der Waals surface area contributed by atoms with Crippen LogP contribution in [0.15, 0.2) is 52.4 Å². The van der Waals surface area contributed by atoms with Gasteiger partial charge >= 0.3 is 5.97 Å². The van der Waals surface area contributed by atoms with E-state index >= 15 is 4.79 Å². The Labute approximate surface area is 536 Å². The third-order valence-electron chi connectivity index (χ3n) is 17.0. The Bertz CT molecular complexity index is 3080. The van der Waals surface area contributed by atoms with Crippen molar-refractivity contribution in [2.45, 2.75) is 108 Å². The number of unbranched alkanes of at least 4 members (excludes halogenated alkanes) is 2. The second-order valence-corrected chi connectivity index (χ2v) is 26.1. The number of hydroxylamine groups is 2. The summed E-state index contributed by atoms with van der Waals surface area (Å²) in [6.45, 7) is 23.5. The number of hydrogen-bond acceptors (Lipinski definition) is 21. The first-order chi connectivity index (χ1) is 43.8. The molecule has 0 spiro atoms. The van der Waals surface area contributed by atoms with Gasteiger partial charge in [-0.2, -0.15) is 0 Å². The van der Waals surface area contributed by atoms with Gasteiger partial charge in [-0.15, -0.1) is 5.06 Å². The van der Waals surface area contributed by atoms with Gasteiger partial charge in [0.1, 0.15) is 11.5 Å². The van der Waals surface area contributed by atoms with Crippen molar-refractivity contribution < 1.29 is 94.0 Å². The van der Waals surface area contributed by atoms with E-state index in [-0.39, 0.29) is 79.8 Å². The molecule has 4 aliphatic rings. The van der Waals surface area contributed by atoms with Crippen LogP contribution in [0.2, 0.25) is 0 Å². The number of carbonyl (C=O) groups is 4. The Balaban J connectivity index is 0.855. The minimum Gasteiger partial charge on any atom is -0.456 e. The summed E-state index contributed by atoms with van der Waals surface area (Å²) in [6.07, 6.45) is 3.35. The lowest BCUT2D eigenvalue weighted by Gasteiger charge is -2.29. The number of nitrogens with zero attached hydrogens (tertiary/aromatic N) is 3. The van der Waals surface area contributed by atoms with Gasteiger partial charge in [-0.1, -0.05) is 41.0 Å². The summed E-state index contributed by atoms with van der Waals surface area (Å²) in [5.41, 5.74) is 5.07. The Morgan fingerprint density at radius 2 is 1.08 bits per heavy atom. The topological polar surface area (TPSA) is 250 Å². The van der Waals surface area contributed by atoms with Crippen LogP contribution >= 0.6 is 0 Å². The molecule has 1 aliphatic carbocycles. The molecule has 3 aromatic carbocycles. The number of methoxy groups -OCH3 is 1. The highest BCUT2D eigenvalue weighted by Crippen LogP contribution is 2.48. The van der Waals surface area contributed by atoms with E-state index in [1.54, 1.807) is 24.1 Å². The van der Waals surface area contributed by atoms with E-state index in [2.05, 4.69) is 59.7 Å². The molecule has 7 rings (SSSR count). The molecule has 91 heavy (non-hydrogen) atoms. The van der Waals surface area contributed by atoms with E-state index in [4.69, 9.17) is 71.4 Å². The van der Waals surface area contributed by atoms with Gasteiger partial charge in [0.05, 0.1) is 168 Å². The van der Waals surface area contributed by atoms with Gasteiger partial charge < -0.3 is 71.3 Å². The standard InChI is InChI=1S/C67H97N3O20S/c1-48-42-50-43-59-54(45-56(50)66(48,3)4)64(55-46-57-58(47-60(55)89-59)68-49(2)67(57,5)6)53-44-51(91(8,75)76)13-14-52(53)65(74)69(17-11-9-10-12-63(73)90-70-61(71)15-16-62(70)72)18-19-78-22-23-80-26-27-82-30-31-84-34-35-86-38-39-88-41-40-87-37-36-85-33-32-83-29-28-81-25-24-79-21-20-77-7/h13-14,43-49H,9-12,15-42H2,1-8H3. The zero-order chi connectivity index (χ0) is 65.2. The van der Waals surface area contributed by atoms with Crippen molar-refractivity contribution >= 4 is 39.1 Å². The van der Waals surface area contributed by atoms with E-state index in [0.717, 1.165) is 34.4 Å². The third-order valence-corrected chi connectivity index (χ3v) is 18.1. The SMILES string of the molecule is COCCOCCOCCOCCOCCOCCOCCOCCOCCOCCOCCOCCN(CCCCCC(=O)ON1C(=O)CCC1=O)C(=O)c1ccc(S(C)(=O)=O)cc1C1=c2cc3c(cc2Oc2cc4c(cc21)C(C)(C)C(C)C4)=NC(C)C3(C)C. The molecule has 0 N–H and O–H groups in total. The summed E-state index contributed by atoms with van der Waals surface area (Å²) in [4.78, 5) is 64.1. The Morgan fingerprint density at radius 1 is 0.582 bits per heavy atom. The van der Waals surface area contributed by atoms with Crippen LogP contribution in [0.25, 0.3) is 5.57 Å². The maximum Gasteiger partial charge on any atom is 0.333 e. The maximum absolute atomic E-state index is 15.4. The molecule has 1 fully saturated rings. The van der Waals surface area contributed by atoms with Crippen LogP contribution in [0.4, 0.5) is 0 Å². The summed E-state index contributed by atoms with van der Waals surface area (Å²) >= 11 is 0. The Kier molecular flexibility index (Phi) is 29.7. The summed E-state index contributed by atoms with van der Waals surface area (Å²) in [5, 5.41) is 2.11. The van der Waals surface area contributed by atoms with Gasteiger partial charge in [-0.05, 0) is 96.2 Å². The van der Waals surface area contributed by atoms with Crippen LogP contribution in [0, 0.1) is 5.92 Å². The molecule has 0 aromatic heterocycles. The van der Waals surface area contributed by atoms with E-state index < -0.39 is 27.6 Å². The number of benzene rings is 3. The predicted molar refractivity (Wildman–Crippen MR) is 336 cm³/mol. The first-order valence-electron chi connectivity index (χ1n) is 32.0. The van der Waals surface area contributed by atoms with Crippen LogP contribution in [-0.4, -0.2) is 227 Å². The smallest absolute Gasteiger partial charge is 0.333 e. The van der Waals surface area contributed by atoms with Crippen molar-refractivity contribution in [3.05, 3.63) is 86.4 Å². The fraction of sp³-hybridized carbons (Fsp3) is 0.657. The van der Waals surface area contributed by atoms with Gasteiger partial charge in [0.2, 0.25) is 0 Å². The van der Waals surface area contributed by atoms with Gasteiger partial charge in [0.25, 0.3) is 17.7 Å². The molecule has 3 heterocycles. The lowest BCUT2D eigenvalue weighted by Crippen LogP contribution is -2.36. The molecule has 2 atom stereocenters. The number of amides is 3. The maximum atomic E-state index is 15.4. The summed E-state index contributed by atoms with van der Waals surface area (Å²) in [7, 11) is -2.13.